The van der Waals surface area contributed by atoms with Gasteiger partial charge < -0.3 is 18.5 Å². The first-order chi connectivity index (χ1) is 20.6. The molecule has 3 aromatic heterocycles. The van der Waals surface area contributed by atoms with Crippen LogP contribution in [0.15, 0.2) is 57.7 Å². The summed E-state index contributed by atoms with van der Waals surface area (Å²) in [6, 6.07) is 10.6. The van der Waals surface area contributed by atoms with Gasteiger partial charge in [-0.3, -0.25) is 0 Å². The molecule has 1 aliphatic rings. The van der Waals surface area contributed by atoms with Crippen molar-refractivity contribution >= 4 is 11.6 Å². The summed E-state index contributed by atoms with van der Waals surface area (Å²) in [6.45, 7) is 4.60. The van der Waals surface area contributed by atoms with Crippen LogP contribution in [0, 0.1) is 22.9 Å². The summed E-state index contributed by atoms with van der Waals surface area (Å²) >= 11 is 5.79. The molecule has 0 amide bonds. The highest BCUT2D eigenvalue weighted by Crippen LogP contribution is 2.40. The molecule has 0 aliphatic carbocycles. The lowest BCUT2D eigenvalue weighted by Crippen LogP contribution is -2.27. The molecule has 1 saturated heterocycles. The van der Waals surface area contributed by atoms with Gasteiger partial charge >= 0.3 is 5.76 Å². The number of ether oxygens (including phenoxy) is 2. The summed E-state index contributed by atoms with van der Waals surface area (Å²) in [7, 11) is 0. The van der Waals surface area contributed by atoms with Crippen LogP contribution in [-0.2, 0) is 17.8 Å². The molecule has 4 heterocycles. The second kappa shape index (κ2) is 11.3. The number of H-pyrrole nitrogens is 1. The first kappa shape index (κ1) is 28.6. The monoisotopic (exact) mass is 612 g/mol. The second-order valence-corrected chi connectivity index (χ2v) is 11.2. The number of aromatic amines is 1. The SMILES string of the molecule is CC1(C)COC[C@H]1n1c(Cc2cc(F)c(-c3cccc(OCc4ccc(Cl)cc4F)n3)cc2F)nnc1-c1n[nH]c(=O)o1. The Hall–Kier alpha value is -4.49. The molecule has 1 aliphatic heterocycles. The number of halogens is 4. The van der Waals surface area contributed by atoms with Gasteiger partial charge in [0.25, 0.3) is 5.89 Å². The van der Waals surface area contributed by atoms with E-state index in [0.29, 0.717) is 19.0 Å². The number of aromatic nitrogens is 6. The first-order valence-corrected chi connectivity index (χ1v) is 13.6. The molecular weight excluding hydrogens is 589 g/mol. The van der Waals surface area contributed by atoms with E-state index in [9.17, 15) is 9.18 Å². The summed E-state index contributed by atoms with van der Waals surface area (Å²) in [5.41, 5.74) is -0.0479. The predicted octanol–water partition coefficient (Wildman–Crippen LogP) is 5.52. The lowest BCUT2D eigenvalue weighted by atomic mass is 9.87. The van der Waals surface area contributed by atoms with Crippen LogP contribution >= 0.6 is 11.6 Å². The molecule has 2 aromatic carbocycles. The quantitative estimate of drug-likeness (QED) is 0.243. The number of benzene rings is 2. The minimum atomic E-state index is -0.767. The Balaban J connectivity index is 1.28. The van der Waals surface area contributed by atoms with E-state index in [1.54, 1.807) is 10.6 Å². The van der Waals surface area contributed by atoms with E-state index in [0.717, 1.165) is 12.1 Å². The maximum Gasteiger partial charge on any atom is 0.434 e. The van der Waals surface area contributed by atoms with Crippen LogP contribution in [0.1, 0.15) is 36.8 Å². The highest BCUT2D eigenvalue weighted by Gasteiger charge is 2.40. The Morgan fingerprint density at radius 2 is 1.88 bits per heavy atom. The second-order valence-electron chi connectivity index (χ2n) is 10.7. The van der Waals surface area contributed by atoms with Crippen molar-refractivity contribution in [1.82, 2.24) is 29.9 Å². The van der Waals surface area contributed by atoms with E-state index in [1.165, 1.54) is 30.3 Å². The maximum atomic E-state index is 15.5. The molecule has 1 fully saturated rings. The Bertz CT molecular complexity index is 1870. The zero-order valence-corrected chi connectivity index (χ0v) is 23.7. The smallest absolute Gasteiger partial charge is 0.434 e. The van der Waals surface area contributed by atoms with Gasteiger partial charge in [0.1, 0.15) is 29.9 Å². The number of rotatable bonds is 8. The Morgan fingerprint density at radius 1 is 1.07 bits per heavy atom. The van der Waals surface area contributed by atoms with Gasteiger partial charge in [-0.05, 0) is 35.9 Å². The van der Waals surface area contributed by atoms with Gasteiger partial charge in [0.15, 0.2) is 0 Å². The molecule has 14 heteroatoms. The minimum absolute atomic E-state index is 0.0206. The molecule has 0 bridgehead atoms. The van der Waals surface area contributed by atoms with Gasteiger partial charge in [0, 0.05) is 34.1 Å². The zero-order valence-electron chi connectivity index (χ0n) is 22.9. The van der Waals surface area contributed by atoms with Crippen molar-refractivity contribution in [2.24, 2.45) is 5.41 Å². The van der Waals surface area contributed by atoms with Crippen LogP contribution in [0.4, 0.5) is 13.2 Å². The van der Waals surface area contributed by atoms with Gasteiger partial charge in [-0.25, -0.2) is 28.0 Å². The molecule has 0 saturated carbocycles. The van der Waals surface area contributed by atoms with Crippen molar-refractivity contribution in [3.63, 3.8) is 0 Å². The molecule has 5 aromatic rings. The van der Waals surface area contributed by atoms with Crippen LogP contribution in [0.2, 0.25) is 5.02 Å². The molecule has 0 spiro atoms. The van der Waals surface area contributed by atoms with Crippen molar-refractivity contribution in [3.05, 3.63) is 98.5 Å². The fourth-order valence-corrected chi connectivity index (χ4v) is 5.11. The van der Waals surface area contributed by atoms with E-state index in [-0.39, 0.29) is 69.5 Å². The van der Waals surface area contributed by atoms with Gasteiger partial charge in [-0.2, -0.15) is 0 Å². The number of hydrogen-bond acceptors (Lipinski definition) is 8. The van der Waals surface area contributed by atoms with Crippen LogP contribution in [0.3, 0.4) is 0 Å². The lowest BCUT2D eigenvalue weighted by molar-refractivity contribution is 0.166. The largest absolute Gasteiger partial charge is 0.473 e. The van der Waals surface area contributed by atoms with Gasteiger partial charge in [0.05, 0.1) is 24.9 Å². The summed E-state index contributed by atoms with van der Waals surface area (Å²) in [4.78, 5) is 15.9. The first-order valence-electron chi connectivity index (χ1n) is 13.2. The fourth-order valence-electron chi connectivity index (χ4n) is 4.95. The molecule has 0 unspecified atom stereocenters. The van der Waals surface area contributed by atoms with Gasteiger partial charge in [-0.1, -0.05) is 37.6 Å². The molecule has 222 valence electrons. The number of nitrogens with one attached hydrogen (secondary N) is 1. The molecular formula is C29H24ClF3N6O4. The van der Waals surface area contributed by atoms with Crippen molar-refractivity contribution in [2.75, 3.05) is 13.2 Å². The third-order valence-corrected chi connectivity index (χ3v) is 7.47. The van der Waals surface area contributed by atoms with Crippen LogP contribution < -0.4 is 10.5 Å². The third-order valence-electron chi connectivity index (χ3n) is 7.23. The molecule has 43 heavy (non-hydrogen) atoms. The summed E-state index contributed by atoms with van der Waals surface area (Å²) in [6.07, 6.45) is -0.125. The number of nitrogens with zero attached hydrogens (tertiary/aromatic N) is 5. The van der Waals surface area contributed by atoms with Crippen molar-refractivity contribution in [3.8, 4) is 28.9 Å². The average Bonchev–Trinajstić information content (AvgIpc) is 3.67. The minimum Gasteiger partial charge on any atom is -0.473 e. The van der Waals surface area contributed by atoms with E-state index in [4.69, 9.17) is 25.5 Å². The Labute approximate surface area is 247 Å². The average molecular weight is 613 g/mol. The summed E-state index contributed by atoms with van der Waals surface area (Å²) in [5.74, 6) is -2.24. The fraction of sp³-hybridized carbons (Fsp3) is 0.276. The third kappa shape index (κ3) is 5.77. The topological polar surface area (TPSA) is 121 Å². The molecule has 1 N–H and O–H groups in total. The van der Waals surface area contributed by atoms with E-state index >= 15 is 8.78 Å². The van der Waals surface area contributed by atoms with Crippen LogP contribution in [0.5, 0.6) is 5.88 Å². The highest BCUT2D eigenvalue weighted by atomic mass is 35.5. The van der Waals surface area contributed by atoms with Gasteiger partial charge in [0.2, 0.25) is 11.7 Å². The van der Waals surface area contributed by atoms with Crippen LogP contribution in [-0.4, -0.2) is 43.2 Å². The van der Waals surface area contributed by atoms with Crippen molar-refractivity contribution in [2.45, 2.75) is 32.9 Å². The predicted molar refractivity (Wildman–Crippen MR) is 148 cm³/mol. The van der Waals surface area contributed by atoms with E-state index < -0.39 is 23.2 Å². The summed E-state index contributed by atoms with van der Waals surface area (Å²) < 4.78 is 63.2. The lowest BCUT2D eigenvalue weighted by Gasteiger charge is -2.27. The van der Waals surface area contributed by atoms with Crippen molar-refractivity contribution < 1.29 is 27.1 Å². The zero-order chi connectivity index (χ0) is 30.3. The molecule has 6 rings (SSSR count). The molecule has 0 radical (unpaired) electrons. The highest BCUT2D eigenvalue weighted by molar-refractivity contribution is 6.30. The standard InChI is InChI=1S/C29H24ClF3N6O4/c1-29(2)14-41-13-23(29)39-24(35-36-26(39)27-37-38-28(40)43-27)9-16-8-21(33)18(11-20(16)32)22-4-3-5-25(34-22)42-12-15-6-7-17(30)10-19(15)31/h3-8,10-11,23H,9,12-14H2,1-2H3,(H,38,40)/t23-/m1/s1. The Kier molecular flexibility index (Phi) is 7.52. The summed E-state index contributed by atoms with van der Waals surface area (Å²) in [5, 5.41) is 14.7. The molecule has 1 atom stereocenters. The van der Waals surface area contributed by atoms with Crippen LogP contribution in [0.25, 0.3) is 23.0 Å². The van der Waals surface area contributed by atoms with E-state index in [1.807, 2.05) is 13.8 Å². The number of pyridine rings is 1. The number of hydrogen-bond donors (Lipinski definition) is 1. The normalized spacial score (nSPS) is 16.1. The van der Waals surface area contributed by atoms with Crippen molar-refractivity contribution in [1.29, 1.82) is 0 Å². The maximum absolute atomic E-state index is 15.5. The van der Waals surface area contributed by atoms with E-state index in [2.05, 4.69) is 25.4 Å². The Morgan fingerprint density at radius 3 is 2.60 bits per heavy atom. The molecule has 10 nitrogen and oxygen atoms in total. The van der Waals surface area contributed by atoms with Gasteiger partial charge in [-0.15, -0.1) is 15.3 Å².